The largest absolute Gasteiger partial charge is 0.443 e. The Hall–Kier alpha value is -0.660. The van der Waals surface area contributed by atoms with Gasteiger partial charge in [-0.05, 0) is 32.1 Å². The molecular weight excluding hydrogens is 277 g/mol. The van der Waals surface area contributed by atoms with Crippen LogP contribution in [0.3, 0.4) is 0 Å². The summed E-state index contributed by atoms with van der Waals surface area (Å²) < 4.78 is 42.7. The number of thiazole rings is 1. The van der Waals surface area contributed by atoms with E-state index in [1.54, 1.807) is 0 Å². The molecule has 0 aromatic carbocycles. The number of halogens is 3. The van der Waals surface area contributed by atoms with Gasteiger partial charge in [0, 0.05) is 23.7 Å². The molecule has 3 nitrogen and oxygen atoms in total. The van der Waals surface area contributed by atoms with Crippen LogP contribution in [0.25, 0.3) is 0 Å². The molecule has 0 aliphatic heterocycles. The summed E-state index contributed by atoms with van der Waals surface area (Å²) in [6, 6.07) is -0.360. The van der Waals surface area contributed by atoms with E-state index in [0.717, 1.165) is 12.8 Å². The Morgan fingerprint density at radius 3 is 2.74 bits per heavy atom. The van der Waals surface area contributed by atoms with Gasteiger partial charge >= 0.3 is 6.18 Å². The number of ether oxygens (including phenoxy) is 1. The predicted octanol–water partition coefficient (Wildman–Crippen LogP) is 3.37. The lowest BCUT2D eigenvalue weighted by Crippen LogP contribution is -2.33. The highest BCUT2D eigenvalue weighted by atomic mass is 32.1. The summed E-state index contributed by atoms with van der Waals surface area (Å²) in [7, 11) is 0. The van der Waals surface area contributed by atoms with Crippen LogP contribution >= 0.6 is 11.3 Å². The van der Waals surface area contributed by atoms with Crippen molar-refractivity contribution in [3.63, 3.8) is 0 Å². The zero-order chi connectivity index (χ0) is 14.0. The molecule has 1 heterocycles. The van der Waals surface area contributed by atoms with E-state index in [1.807, 2.05) is 6.92 Å². The third kappa shape index (κ3) is 3.67. The summed E-state index contributed by atoms with van der Waals surface area (Å²) >= 11 is 0.643. The van der Waals surface area contributed by atoms with Crippen molar-refractivity contribution < 1.29 is 17.9 Å². The first-order chi connectivity index (χ1) is 8.90. The summed E-state index contributed by atoms with van der Waals surface area (Å²) in [5, 5.41) is -0.821. The monoisotopic (exact) mass is 294 g/mol. The lowest BCUT2D eigenvalue weighted by molar-refractivity contribution is -0.137. The van der Waals surface area contributed by atoms with Gasteiger partial charge in [0.25, 0.3) is 0 Å². The van der Waals surface area contributed by atoms with E-state index >= 15 is 0 Å². The van der Waals surface area contributed by atoms with Gasteiger partial charge in [0.1, 0.15) is 0 Å². The number of nitrogens with two attached hydrogens (primary N) is 1. The summed E-state index contributed by atoms with van der Waals surface area (Å²) in [5.41, 5.74) is 5.94. The van der Waals surface area contributed by atoms with Crippen LogP contribution in [0, 0.1) is 5.92 Å². The zero-order valence-corrected chi connectivity index (χ0v) is 11.4. The average Bonchev–Trinajstić information content (AvgIpc) is 2.74. The molecule has 0 saturated heterocycles. The Morgan fingerprint density at radius 2 is 2.21 bits per heavy atom. The van der Waals surface area contributed by atoms with Crippen LogP contribution in [0.1, 0.15) is 42.1 Å². The highest BCUT2D eigenvalue weighted by Gasteiger charge is 2.36. The van der Waals surface area contributed by atoms with Gasteiger partial charge in [-0.1, -0.05) is 0 Å². The van der Waals surface area contributed by atoms with E-state index in [9.17, 15) is 13.2 Å². The topological polar surface area (TPSA) is 48.1 Å². The van der Waals surface area contributed by atoms with Crippen molar-refractivity contribution in [3.8, 4) is 0 Å². The van der Waals surface area contributed by atoms with Gasteiger partial charge < -0.3 is 10.5 Å². The molecule has 0 bridgehead atoms. The van der Waals surface area contributed by atoms with Crippen molar-refractivity contribution in [2.24, 2.45) is 11.7 Å². The first kappa shape index (κ1) is 14.7. The molecule has 19 heavy (non-hydrogen) atoms. The van der Waals surface area contributed by atoms with Crippen LogP contribution in [0.4, 0.5) is 13.2 Å². The van der Waals surface area contributed by atoms with Crippen LogP contribution in [-0.4, -0.2) is 17.7 Å². The molecule has 0 amide bonds. The Kier molecular flexibility index (Phi) is 4.47. The minimum atomic E-state index is -4.38. The number of hydrogen-bond donors (Lipinski definition) is 1. The van der Waals surface area contributed by atoms with E-state index in [1.165, 1.54) is 6.20 Å². The standard InChI is InChI=1S/C12H17F3N2OS/c1-2-18-8-3-7(4-8)5-9(16)10-6-17-11(19-10)12(13,14)15/h6-9H,2-5,16H2,1H3. The highest BCUT2D eigenvalue weighted by molar-refractivity contribution is 7.11. The molecule has 7 heteroatoms. The van der Waals surface area contributed by atoms with Gasteiger partial charge in [-0.15, -0.1) is 11.3 Å². The maximum Gasteiger partial charge on any atom is 0.443 e. The van der Waals surface area contributed by atoms with E-state index < -0.39 is 11.2 Å². The number of hydrogen-bond acceptors (Lipinski definition) is 4. The summed E-state index contributed by atoms with van der Waals surface area (Å²) in [4.78, 5) is 3.90. The van der Waals surface area contributed by atoms with Crippen LogP contribution in [-0.2, 0) is 10.9 Å². The molecule has 1 unspecified atom stereocenters. The van der Waals surface area contributed by atoms with Crippen molar-refractivity contribution in [2.45, 2.75) is 44.5 Å². The van der Waals surface area contributed by atoms with Gasteiger partial charge in [-0.25, -0.2) is 4.98 Å². The summed E-state index contributed by atoms with van der Waals surface area (Å²) in [5.74, 6) is 0.447. The lowest BCUT2D eigenvalue weighted by Gasteiger charge is -2.36. The molecule has 1 atom stereocenters. The second kappa shape index (κ2) is 5.76. The molecule has 1 aliphatic rings. The predicted molar refractivity (Wildman–Crippen MR) is 66.8 cm³/mol. The number of nitrogens with zero attached hydrogens (tertiary/aromatic N) is 1. The fraction of sp³-hybridized carbons (Fsp3) is 0.750. The molecular formula is C12H17F3N2OS. The maximum atomic E-state index is 12.4. The zero-order valence-electron chi connectivity index (χ0n) is 10.6. The molecule has 1 fully saturated rings. The van der Waals surface area contributed by atoms with Gasteiger partial charge in [0.2, 0.25) is 0 Å². The molecule has 0 spiro atoms. The van der Waals surface area contributed by atoms with Gasteiger partial charge in [-0.3, -0.25) is 0 Å². The normalized spacial score (nSPS) is 25.1. The Bertz CT molecular complexity index is 415. The second-order valence-electron chi connectivity index (χ2n) is 4.82. The average molecular weight is 294 g/mol. The molecule has 1 aromatic heterocycles. The Balaban J connectivity index is 1.84. The summed E-state index contributed by atoms with van der Waals surface area (Å²) in [6.07, 6.45) is -0.229. The first-order valence-electron chi connectivity index (χ1n) is 6.30. The molecule has 1 aromatic rings. The minimum Gasteiger partial charge on any atom is -0.378 e. The van der Waals surface area contributed by atoms with Gasteiger partial charge in [0.05, 0.1) is 6.10 Å². The number of alkyl halides is 3. The van der Waals surface area contributed by atoms with E-state index in [4.69, 9.17) is 10.5 Å². The molecule has 0 radical (unpaired) electrons. The van der Waals surface area contributed by atoms with Crippen molar-refractivity contribution in [1.82, 2.24) is 4.98 Å². The van der Waals surface area contributed by atoms with Crippen molar-refractivity contribution in [1.29, 1.82) is 0 Å². The van der Waals surface area contributed by atoms with Crippen LogP contribution in [0.5, 0.6) is 0 Å². The molecule has 2 N–H and O–H groups in total. The molecule has 1 aliphatic carbocycles. The van der Waals surface area contributed by atoms with E-state index in [0.29, 0.717) is 41.3 Å². The number of aromatic nitrogens is 1. The summed E-state index contributed by atoms with van der Waals surface area (Å²) in [6.45, 7) is 2.66. The second-order valence-corrected chi connectivity index (χ2v) is 5.88. The fourth-order valence-electron chi connectivity index (χ4n) is 2.30. The van der Waals surface area contributed by atoms with E-state index in [2.05, 4.69) is 4.98 Å². The van der Waals surface area contributed by atoms with Crippen molar-refractivity contribution >= 4 is 11.3 Å². The van der Waals surface area contributed by atoms with Crippen LogP contribution < -0.4 is 5.73 Å². The SMILES string of the molecule is CCOC1CC(CC(N)c2cnc(C(F)(F)F)s2)C1. The quantitative estimate of drug-likeness (QED) is 0.905. The Labute approximate surface area is 114 Å². The molecule has 108 valence electrons. The maximum absolute atomic E-state index is 12.4. The smallest absolute Gasteiger partial charge is 0.378 e. The van der Waals surface area contributed by atoms with E-state index in [-0.39, 0.29) is 6.04 Å². The highest BCUT2D eigenvalue weighted by Crippen LogP contribution is 2.39. The Morgan fingerprint density at radius 1 is 1.53 bits per heavy atom. The fourth-order valence-corrected chi connectivity index (χ4v) is 3.10. The molecule has 2 rings (SSSR count). The third-order valence-electron chi connectivity index (χ3n) is 3.31. The lowest BCUT2D eigenvalue weighted by atomic mass is 9.78. The third-order valence-corrected chi connectivity index (χ3v) is 4.49. The van der Waals surface area contributed by atoms with Crippen LogP contribution in [0.15, 0.2) is 6.20 Å². The van der Waals surface area contributed by atoms with Crippen molar-refractivity contribution in [3.05, 3.63) is 16.1 Å². The van der Waals surface area contributed by atoms with Crippen molar-refractivity contribution in [2.75, 3.05) is 6.61 Å². The van der Waals surface area contributed by atoms with Gasteiger partial charge in [0.15, 0.2) is 5.01 Å². The number of rotatable bonds is 5. The minimum absolute atomic E-state index is 0.300. The molecule has 1 saturated carbocycles. The first-order valence-corrected chi connectivity index (χ1v) is 7.12. The van der Waals surface area contributed by atoms with Crippen LogP contribution in [0.2, 0.25) is 0 Å². The van der Waals surface area contributed by atoms with Gasteiger partial charge in [-0.2, -0.15) is 13.2 Å².